The molecule has 0 N–H and O–H groups in total. The quantitative estimate of drug-likeness (QED) is 0.769. The highest BCUT2D eigenvalue weighted by Gasteiger charge is 2.19. The van der Waals surface area contributed by atoms with Gasteiger partial charge in [-0.1, -0.05) is 20.8 Å². The highest BCUT2D eigenvalue weighted by molar-refractivity contribution is 9.10. The van der Waals surface area contributed by atoms with Crippen molar-refractivity contribution in [1.82, 2.24) is 9.97 Å². The highest BCUT2D eigenvalue weighted by atomic mass is 79.9. The predicted octanol–water partition coefficient (Wildman–Crippen LogP) is 4.60. The molecule has 1 heterocycles. The minimum atomic E-state index is -0.0796. The average Bonchev–Trinajstić information content (AvgIpc) is 2.38. The third-order valence-electron chi connectivity index (χ3n) is 2.83. The molecular formula is C16H19BrN2O. The SMILES string of the molecule is CCOc1ccc(-c2cc(Br)nc(C(C)(C)C)n2)cc1. The summed E-state index contributed by atoms with van der Waals surface area (Å²) in [6.07, 6.45) is 0. The number of ether oxygens (including phenoxy) is 1. The Balaban J connectivity index is 2.39. The molecule has 0 fully saturated rings. The maximum Gasteiger partial charge on any atom is 0.135 e. The van der Waals surface area contributed by atoms with Crippen molar-refractivity contribution >= 4 is 15.9 Å². The number of nitrogens with zero attached hydrogens (tertiary/aromatic N) is 2. The molecule has 20 heavy (non-hydrogen) atoms. The fourth-order valence-corrected chi connectivity index (χ4v) is 2.17. The van der Waals surface area contributed by atoms with Gasteiger partial charge in [-0.3, -0.25) is 0 Å². The van der Waals surface area contributed by atoms with E-state index in [1.165, 1.54) is 0 Å². The lowest BCUT2D eigenvalue weighted by Crippen LogP contribution is -2.16. The van der Waals surface area contributed by atoms with E-state index in [-0.39, 0.29) is 5.41 Å². The smallest absolute Gasteiger partial charge is 0.135 e. The number of aromatic nitrogens is 2. The van der Waals surface area contributed by atoms with Crippen LogP contribution < -0.4 is 4.74 Å². The Hall–Kier alpha value is -1.42. The summed E-state index contributed by atoms with van der Waals surface area (Å²) in [5, 5.41) is 0. The van der Waals surface area contributed by atoms with Crippen LogP contribution in [0.3, 0.4) is 0 Å². The van der Waals surface area contributed by atoms with Crippen LogP contribution in [0, 0.1) is 0 Å². The second-order valence-corrected chi connectivity index (χ2v) is 6.42. The summed E-state index contributed by atoms with van der Waals surface area (Å²) in [6.45, 7) is 8.97. The fraction of sp³-hybridized carbons (Fsp3) is 0.375. The monoisotopic (exact) mass is 334 g/mol. The van der Waals surface area contributed by atoms with Crippen molar-refractivity contribution < 1.29 is 4.74 Å². The molecule has 0 aliphatic rings. The van der Waals surface area contributed by atoms with Gasteiger partial charge in [0.25, 0.3) is 0 Å². The van der Waals surface area contributed by atoms with E-state index in [0.29, 0.717) is 6.61 Å². The van der Waals surface area contributed by atoms with E-state index in [1.54, 1.807) is 0 Å². The van der Waals surface area contributed by atoms with E-state index in [9.17, 15) is 0 Å². The molecule has 0 radical (unpaired) electrons. The van der Waals surface area contributed by atoms with E-state index in [1.807, 2.05) is 37.3 Å². The molecule has 3 nitrogen and oxygen atoms in total. The molecule has 2 rings (SSSR count). The van der Waals surface area contributed by atoms with E-state index in [4.69, 9.17) is 4.74 Å². The molecule has 1 aromatic heterocycles. The lowest BCUT2D eigenvalue weighted by Gasteiger charge is -2.17. The number of hydrogen-bond acceptors (Lipinski definition) is 3. The number of benzene rings is 1. The van der Waals surface area contributed by atoms with Crippen molar-refractivity contribution in [2.24, 2.45) is 0 Å². The first-order valence-electron chi connectivity index (χ1n) is 6.68. The Morgan fingerprint density at radius 1 is 1.10 bits per heavy atom. The van der Waals surface area contributed by atoms with Gasteiger partial charge in [-0.15, -0.1) is 0 Å². The topological polar surface area (TPSA) is 35.0 Å². The Morgan fingerprint density at radius 2 is 1.75 bits per heavy atom. The first kappa shape index (κ1) is 15.0. The second-order valence-electron chi connectivity index (χ2n) is 5.61. The molecular weight excluding hydrogens is 316 g/mol. The third kappa shape index (κ3) is 3.57. The summed E-state index contributed by atoms with van der Waals surface area (Å²) in [4.78, 5) is 9.13. The lowest BCUT2D eigenvalue weighted by molar-refractivity contribution is 0.340. The van der Waals surface area contributed by atoms with Crippen LogP contribution in [0.5, 0.6) is 5.75 Å². The van der Waals surface area contributed by atoms with Gasteiger partial charge in [-0.05, 0) is 53.2 Å². The van der Waals surface area contributed by atoms with Crippen molar-refractivity contribution in [3.05, 3.63) is 40.8 Å². The second kappa shape index (κ2) is 5.92. The highest BCUT2D eigenvalue weighted by Crippen LogP contribution is 2.26. The summed E-state index contributed by atoms with van der Waals surface area (Å²) < 4.78 is 6.26. The van der Waals surface area contributed by atoms with Crippen LogP contribution in [0.25, 0.3) is 11.3 Å². The molecule has 0 bridgehead atoms. The van der Waals surface area contributed by atoms with Crippen molar-refractivity contribution in [3.63, 3.8) is 0 Å². The van der Waals surface area contributed by atoms with Gasteiger partial charge in [0.2, 0.25) is 0 Å². The summed E-state index contributed by atoms with van der Waals surface area (Å²) in [7, 11) is 0. The summed E-state index contributed by atoms with van der Waals surface area (Å²) in [6, 6.07) is 9.90. The first-order valence-corrected chi connectivity index (χ1v) is 7.48. The van der Waals surface area contributed by atoms with Gasteiger partial charge in [-0.25, -0.2) is 9.97 Å². The summed E-state index contributed by atoms with van der Waals surface area (Å²) >= 11 is 3.47. The van der Waals surface area contributed by atoms with E-state index in [2.05, 4.69) is 46.7 Å². The zero-order valence-electron chi connectivity index (χ0n) is 12.3. The van der Waals surface area contributed by atoms with Gasteiger partial charge in [0.05, 0.1) is 12.3 Å². The molecule has 0 atom stereocenters. The number of halogens is 1. The normalized spacial score (nSPS) is 11.4. The minimum absolute atomic E-state index is 0.0796. The molecule has 0 saturated heterocycles. The number of hydrogen-bond donors (Lipinski definition) is 0. The van der Waals surface area contributed by atoms with Crippen LogP contribution in [-0.4, -0.2) is 16.6 Å². The molecule has 4 heteroatoms. The standard InChI is InChI=1S/C16H19BrN2O/c1-5-20-12-8-6-11(7-9-12)13-10-14(17)19-15(18-13)16(2,3)4/h6-10H,5H2,1-4H3. The zero-order chi connectivity index (χ0) is 14.8. The van der Waals surface area contributed by atoms with Gasteiger partial charge in [-0.2, -0.15) is 0 Å². The lowest BCUT2D eigenvalue weighted by atomic mass is 9.95. The van der Waals surface area contributed by atoms with Crippen molar-refractivity contribution in [1.29, 1.82) is 0 Å². The maximum atomic E-state index is 5.46. The molecule has 0 unspecified atom stereocenters. The molecule has 1 aromatic carbocycles. The first-order chi connectivity index (χ1) is 9.40. The van der Waals surface area contributed by atoms with Gasteiger partial charge >= 0.3 is 0 Å². The van der Waals surface area contributed by atoms with E-state index < -0.39 is 0 Å². The molecule has 0 aliphatic heterocycles. The molecule has 0 aliphatic carbocycles. The maximum absolute atomic E-state index is 5.46. The largest absolute Gasteiger partial charge is 0.494 e. The van der Waals surface area contributed by atoms with Crippen LogP contribution in [0.2, 0.25) is 0 Å². The van der Waals surface area contributed by atoms with Crippen molar-refractivity contribution in [3.8, 4) is 17.0 Å². The van der Waals surface area contributed by atoms with Crippen LogP contribution >= 0.6 is 15.9 Å². The fourth-order valence-electron chi connectivity index (χ4n) is 1.79. The predicted molar refractivity (Wildman–Crippen MR) is 85.0 cm³/mol. The van der Waals surface area contributed by atoms with Crippen molar-refractivity contribution in [2.45, 2.75) is 33.1 Å². The van der Waals surface area contributed by atoms with Crippen molar-refractivity contribution in [2.75, 3.05) is 6.61 Å². The average molecular weight is 335 g/mol. The zero-order valence-corrected chi connectivity index (χ0v) is 13.9. The molecule has 2 aromatic rings. The molecule has 0 amide bonds. The Labute approximate surface area is 128 Å². The number of rotatable bonds is 3. The summed E-state index contributed by atoms with van der Waals surface area (Å²) in [5.41, 5.74) is 1.89. The minimum Gasteiger partial charge on any atom is -0.494 e. The molecule has 106 valence electrons. The summed E-state index contributed by atoms with van der Waals surface area (Å²) in [5.74, 6) is 1.70. The van der Waals surface area contributed by atoms with Gasteiger partial charge in [0.1, 0.15) is 16.2 Å². The Bertz CT molecular complexity index is 588. The van der Waals surface area contributed by atoms with Gasteiger partial charge in [0.15, 0.2) is 0 Å². The molecule has 0 saturated carbocycles. The van der Waals surface area contributed by atoms with Gasteiger partial charge in [0, 0.05) is 11.0 Å². The van der Waals surface area contributed by atoms with E-state index >= 15 is 0 Å². The van der Waals surface area contributed by atoms with Crippen LogP contribution in [-0.2, 0) is 5.41 Å². The van der Waals surface area contributed by atoms with Crippen LogP contribution in [0.1, 0.15) is 33.5 Å². The van der Waals surface area contributed by atoms with Crippen LogP contribution in [0.15, 0.2) is 34.9 Å². The third-order valence-corrected chi connectivity index (χ3v) is 3.23. The Morgan fingerprint density at radius 3 is 2.30 bits per heavy atom. The Kier molecular flexibility index (Phi) is 4.43. The van der Waals surface area contributed by atoms with Gasteiger partial charge < -0.3 is 4.74 Å². The van der Waals surface area contributed by atoms with Crippen LogP contribution in [0.4, 0.5) is 0 Å². The molecule has 0 spiro atoms. The van der Waals surface area contributed by atoms with E-state index in [0.717, 1.165) is 27.4 Å².